The number of nitrogens with zero attached hydrogens (tertiary/aromatic N) is 1. The maximum absolute atomic E-state index is 4.18. The fourth-order valence-electron chi connectivity index (χ4n) is 3.70. The minimum absolute atomic E-state index is 0.433. The summed E-state index contributed by atoms with van der Waals surface area (Å²) >= 11 is 0. The number of pyridine rings is 1. The van der Waals surface area contributed by atoms with Crippen LogP contribution in [0.3, 0.4) is 0 Å². The molecule has 0 radical (unpaired) electrons. The van der Waals surface area contributed by atoms with Crippen LogP contribution in [0.5, 0.6) is 0 Å². The van der Waals surface area contributed by atoms with Crippen molar-refractivity contribution in [1.82, 2.24) is 10.3 Å². The van der Waals surface area contributed by atoms with Gasteiger partial charge in [-0.3, -0.25) is 4.98 Å². The lowest BCUT2D eigenvalue weighted by Gasteiger charge is -2.24. The van der Waals surface area contributed by atoms with E-state index < -0.39 is 0 Å². The van der Waals surface area contributed by atoms with Crippen LogP contribution in [0.15, 0.2) is 24.5 Å². The fraction of sp³-hybridized carbons (Fsp3) is 0.667. The first-order valence-electron chi connectivity index (χ1n) is 6.96. The van der Waals surface area contributed by atoms with Crippen LogP contribution >= 0.6 is 0 Å². The van der Waals surface area contributed by atoms with E-state index >= 15 is 0 Å². The number of nitrogens with one attached hydrogen (secondary N) is 1. The lowest BCUT2D eigenvalue weighted by atomic mass is 9.88. The molecule has 2 nitrogen and oxygen atoms in total. The molecule has 2 fully saturated rings. The number of aromatic nitrogens is 1. The summed E-state index contributed by atoms with van der Waals surface area (Å²) in [4.78, 5) is 4.18. The Morgan fingerprint density at radius 2 is 2.35 bits per heavy atom. The Morgan fingerprint density at radius 3 is 3.00 bits per heavy atom. The molecule has 1 N–H and O–H groups in total. The SMILES string of the molecule is CC(NCC1CC2CCC1C2)c1cccnc1. The van der Waals surface area contributed by atoms with Crippen molar-refractivity contribution in [1.29, 1.82) is 0 Å². The largest absolute Gasteiger partial charge is 0.310 e. The third kappa shape index (κ3) is 2.37. The van der Waals surface area contributed by atoms with Gasteiger partial charge in [-0.2, -0.15) is 0 Å². The molecular weight excluding hydrogens is 208 g/mol. The summed E-state index contributed by atoms with van der Waals surface area (Å²) in [6.07, 6.45) is 9.77. The van der Waals surface area contributed by atoms with Crippen molar-refractivity contribution < 1.29 is 0 Å². The zero-order chi connectivity index (χ0) is 11.7. The normalized spacial score (nSPS) is 32.9. The summed E-state index contributed by atoms with van der Waals surface area (Å²) in [5, 5.41) is 3.69. The highest BCUT2D eigenvalue weighted by atomic mass is 14.9. The lowest BCUT2D eigenvalue weighted by molar-refractivity contribution is 0.309. The van der Waals surface area contributed by atoms with Gasteiger partial charge in [-0.15, -0.1) is 0 Å². The summed E-state index contributed by atoms with van der Waals surface area (Å²) in [5.41, 5.74) is 1.30. The second-order valence-electron chi connectivity index (χ2n) is 5.85. The molecule has 1 aromatic heterocycles. The predicted octanol–water partition coefficient (Wildman–Crippen LogP) is 3.17. The van der Waals surface area contributed by atoms with Crippen LogP contribution in [0.2, 0.25) is 0 Å². The van der Waals surface area contributed by atoms with Crippen LogP contribution in [0.4, 0.5) is 0 Å². The third-order valence-corrected chi connectivity index (χ3v) is 4.76. The standard InChI is InChI=1S/C15H22N2/c1-11(14-3-2-6-16-9-14)17-10-15-8-12-4-5-13(15)7-12/h2-3,6,9,11-13,15,17H,4-5,7-8,10H2,1H3. The van der Waals surface area contributed by atoms with E-state index in [9.17, 15) is 0 Å². The molecule has 2 aliphatic carbocycles. The van der Waals surface area contributed by atoms with Crippen molar-refractivity contribution >= 4 is 0 Å². The van der Waals surface area contributed by atoms with Crippen molar-refractivity contribution in [3.63, 3.8) is 0 Å². The summed E-state index contributed by atoms with van der Waals surface area (Å²) in [5.74, 6) is 3.02. The van der Waals surface area contributed by atoms with Gasteiger partial charge in [0.2, 0.25) is 0 Å². The van der Waals surface area contributed by atoms with Gasteiger partial charge in [-0.25, -0.2) is 0 Å². The molecule has 3 rings (SSSR count). The van der Waals surface area contributed by atoms with Crippen LogP contribution in [-0.2, 0) is 0 Å². The zero-order valence-corrected chi connectivity index (χ0v) is 10.6. The van der Waals surface area contributed by atoms with Gasteiger partial charge >= 0.3 is 0 Å². The Morgan fingerprint density at radius 1 is 1.41 bits per heavy atom. The summed E-state index contributed by atoms with van der Waals surface area (Å²) in [7, 11) is 0. The first kappa shape index (κ1) is 11.2. The Bertz CT molecular complexity index is 362. The molecule has 0 aromatic carbocycles. The molecule has 92 valence electrons. The summed E-state index contributed by atoms with van der Waals surface area (Å²) in [6, 6.07) is 4.61. The molecule has 2 heteroatoms. The molecule has 2 saturated carbocycles. The van der Waals surface area contributed by atoms with E-state index in [1.165, 1.54) is 37.8 Å². The molecule has 2 aliphatic rings. The Balaban J connectivity index is 1.51. The molecule has 1 aromatic rings. The van der Waals surface area contributed by atoms with E-state index in [1.807, 2.05) is 18.5 Å². The van der Waals surface area contributed by atoms with E-state index in [-0.39, 0.29) is 0 Å². The van der Waals surface area contributed by atoms with E-state index in [0.717, 1.165) is 17.8 Å². The van der Waals surface area contributed by atoms with Crippen LogP contribution in [-0.4, -0.2) is 11.5 Å². The topological polar surface area (TPSA) is 24.9 Å². The van der Waals surface area contributed by atoms with Crippen molar-refractivity contribution in [3.8, 4) is 0 Å². The smallest absolute Gasteiger partial charge is 0.0315 e. The Hall–Kier alpha value is -0.890. The summed E-state index contributed by atoms with van der Waals surface area (Å²) < 4.78 is 0. The first-order valence-corrected chi connectivity index (χ1v) is 6.96. The van der Waals surface area contributed by atoms with Crippen LogP contribution < -0.4 is 5.32 Å². The second-order valence-corrected chi connectivity index (χ2v) is 5.85. The van der Waals surface area contributed by atoms with Crippen LogP contribution in [0.1, 0.15) is 44.2 Å². The van der Waals surface area contributed by atoms with Gasteiger partial charge in [0.05, 0.1) is 0 Å². The van der Waals surface area contributed by atoms with E-state index in [4.69, 9.17) is 0 Å². The maximum Gasteiger partial charge on any atom is 0.0315 e. The van der Waals surface area contributed by atoms with Crippen LogP contribution in [0.25, 0.3) is 0 Å². The number of rotatable bonds is 4. The van der Waals surface area contributed by atoms with Crippen molar-refractivity contribution in [2.75, 3.05) is 6.54 Å². The predicted molar refractivity (Wildman–Crippen MR) is 69.6 cm³/mol. The molecule has 0 amide bonds. The molecule has 1 heterocycles. The molecule has 4 unspecified atom stereocenters. The quantitative estimate of drug-likeness (QED) is 0.859. The average Bonchev–Trinajstić information content (AvgIpc) is 2.99. The minimum atomic E-state index is 0.433. The highest BCUT2D eigenvalue weighted by molar-refractivity contribution is 5.12. The minimum Gasteiger partial charge on any atom is -0.310 e. The van der Waals surface area contributed by atoms with Crippen molar-refractivity contribution in [2.45, 2.75) is 38.6 Å². The molecular formula is C15H22N2. The molecule has 2 bridgehead atoms. The number of hydrogen-bond acceptors (Lipinski definition) is 2. The highest BCUT2D eigenvalue weighted by Gasteiger charge is 2.39. The molecule has 0 saturated heterocycles. The van der Waals surface area contributed by atoms with Gasteiger partial charge in [0.15, 0.2) is 0 Å². The van der Waals surface area contributed by atoms with Crippen LogP contribution in [0, 0.1) is 17.8 Å². The summed E-state index contributed by atoms with van der Waals surface area (Å²) in [6.45, 7) is 3.43. The first-order chi connectivity index (χ1) is 8.33. The van der Waals surface area contributed by atoms with Gasteiger partial charge in [-0.1, -0.05) is 12.5 Å². The van der Waals surface area contributed by atoms with E-state index in [0.29, 0.717) is 6.04 Å². The number of hydrogen-bond donors (Lipinski definition) is 1. The number of fused-ring (bicyclic) bond motifs is 2. The van der Waals surface area contributed by atoms with Crippen molar-refractivity contribution in [2.24, 2.45) is 17.8 Å². The molecule has 0 spiro atoms. The second kappa shape index (κ2) is 4.77. The van der Waals surface area contributed by atoms with E-state index in [2.05, 4.69) is 23.3 Å². The third-order valence-electron chi connectivity index (χ3n) is 4.76. The van der Waals surface area contributed by atoms with Gasteiger partial charge in [0.25, 0.3) is 0 Å². The van der Waals surface area contributed by atoms with Gasteiger partial charge in [-0.05, 0) is 62.1 Å². The maximum atomic E-state index is 4.18. The Labute approximate surface area is 104 Å². The van der Waals surface area contributed by atoms with Gasteiger partial charge in [0, 0.05) is 18.4 Å². The fourth-order valence-corrected chi connectivity index (χ4v) is 3.70. The van der Waals surface area contributed by atoms with E-state index in [1.54, 1.807) is 0 Å². The van der Waals surface area contributed by atoms with Gasteiger partial charge < -0.3 is 5.32 Å². The monoisotopic (exact) mass is 230 g/mol. The lowest BCUT2D eigenvalue weighted by Crippen LogP contribution is -2.28. The zero-order valence-electron chi connectivity index (χ0n) is 10.6. The highest BCUT2D eigenvalue weighted by Crippen LogP contribution is 2.48. The average molecular weight is 230 g/mol. The molecule has 0 aliphatic heterocycles. The van der Waals surface area contributed by atoms with Crippen molar-refractivity contribution in [3.05, 3.63) is 30.1 Å². The molecule has 4 atom stereocenters. The van der Waals surface area contributed by atoms with Gasteiger partial charge in [0.1, 0.15) is 0 Å². The Kier molecular flexibility index (Phi) is 3.15. The molecule has 17 heavy (non-hydrogen) atoms.